The van der Waals surface area contributed by atoms with Crippen molar-refractivity contribution in [1.29, 1.82) is 0 Å². The Hall–Kier alpha value is -1.55. The van der Waals surface area contributed by atoms with E-state index in [2.05, 4.69) is 15.6 Å². The third-order valence-corrected chi connectivity index (χ3v) is 3.80. The number of carbonyl (C=O) groups excluding carboxylic acids is 1. The molecular formula is C20H35IN4O3. The van der Waals surface area contributed by atoms with Gasteiger partial charge in [0.25, 0.3) is 0 Å². The molecule has 0 aromatic heterocycles. The SMILES string of the molecule is COc1ccc(CN=C(NCCCCOC(C)C)NCC(=O)N(C)C)cc1.I. The predicted octanol–water partition coefficient (Wildman–Crippen LogP) is 2.64. The Balaban J connectivity index is 0.00000729. The number of carbonyl (C=O) groups is 1. The van der Waals surface area contributed by atoms with Crippen LogP contribution in [-0.4, -0.2) is 63.8 Å². The summed E-state index contributed by atoms with van der Waals surface area (Å²) >= 11 is 0. The summed E-state index contributed by atoms with van der Waals surface area (Å²) in [7, 11) is 5.12. The number of aliphatic imine (C=N–C) groups is 1. The van der Waals surface area contributed by atoms with Crippen LogP contribution in [0.25, 0.3) is 0 Å². The van der Waals surface area contributed by atoms with Gasteiger partial charge in [-0.15, -0.1) is 24.0 Å². The molecule has 0 aliphatic rings. The van der Waals surface area contributed by atoms with Gasteiger partial charge in [0.05, 0.1) is 26.3 Å². The fraction of sp³-hybridized carbons (Fsp3) is 0.600. The zero-order valence-corrected chi connectivity index (χ0v) is 20.0. The molecule has 2 N–H and O–H groups in total. The van der Waals surface area contributed by atoms with E-state index in [4.69, 9.17) is 9.47 Å². The Morgan fingerprint density at radius 1 is 1.14 bits per heavy atom. The maximum absolute atomic E-state index is 11.8. The Labute approximate surface area is 186 Å². The minimum Gasteiger partial charge on any atom is -0.497 e. The molecule has 0 spiro atoms. The molecule has 0 saturated heterocycles. The molecule has 0 unspecified atom stereocenters. The van der Waals surface area contributed by atoms with Crippen molar-refractivity contribution in [2.24, 2.45) is 4.99 Å². The fourth-order valence-electron chi connectivity index (χ4n) is 2.15. The lowest BCUT2D eigenvalue weighted by atomic mass is 10.2. The third-order valence-electron chi connectivity index (χ3n) is 3.80. The number of rotatable bonds is 11. The van der Waals surface area contributed by atoms with Crippen molar-refractivity contribution in [3.8, 4) is 5.75 Å². The van der Waals surface area contributed by atoms with Gasteiger partial charge in [0.15, 0.2) is 5.96 Å². The quantitative estimate of drug-likeness (QED) is 0.209. The van der Waals surface area contributed by atoms with Gasteiger partial charge in [0, 0.05) is 27.2 Å². The lowest BCUT2D eigenvalue weighted by Crippen LogP contribution is -2.43. The van der Waals surface area contributed by atoms with Crippen LogP contribution in [0.2, 0.25) is 0 Å². The van der Waals surface area contributed by atoms with Crippen LogP contribution < -0.4 is 15.4 Å². The topological polar surface area (TPSA) is 75.2 Å². The number of likely N-dealkylation sites (N-methyl/N-ethyl adjacent to an activating group) is 1. The first-order chi connectivity index (χ1) is 12.9. The molecule has 28 heavy (non-hydrogen) atoms. The first kappa shape index (κ1) is 26.4. The number of hydrogen-bond acceptors (Lipinski definition) is 4. The summed E-state index contributed by atoms with van der Waals surface area (Å²) in [4.78, 5) is 18.0. The van der Waals surface area contributed by atoms with Crippen molar-refractivity contribution >= 4 is 35.8 Å². The number of guanidine groups is 1. The molecule has 0 atom stereocenters. The molecule has 0 aliphatic heterocycles. The van der Waals surface area contributed by atoms with E-state index in [0.29, 0.717) is 12.5 Å². The number of benzene rings is 1. The lowest BCUT2D eigenvalue weighted by Gasteiger charge is -2.15. The number of methoxy groups -OCH3 is 1. The van der Waals surface area contributed by atoms with Crippen LogP contribution in [0.1, 0.15) is 32.3 Å². The Morgan fingerprint density at radius 2 is 1.82 bits per heavy atom. The first-order valence-corrected chi connectivity index (χ1v) is 9.39. The van der Waals surface area contributed by atoms with E-state index in [0.717, 1.165) is 37.3 Å². The van der Waals surface area contributed by atoms with Crippen LogP contribution >= 0.6 is 24.0 Å². The van der Waals surface area contributed by atoms with Crippen LogP contribution in [0.4, 0.5) is 0 Å². The molecular weight excluding hydrogens is 471 g/mol. The van der Waals surface area contributed by atoms with Gasteiger partial charge in [-0.05, 0) is 44.4 Å². The van der Waals surface area contributed by atoms with Gasteiger partial charge in [-0.3, -0.25) is 4.79 Å². The summed E-state index contributed by atoms with van der Waals surface area (Å²) in [5.74, 6) is 1.45. The molecule has 1 aromatic carbocycles. The van der Waals surface area contributed by atoms with E-state index in [1.807, 2.05) is 38.1 Å². The second-order valence-corrected chi connectivity index (χ2v) is 6.71. The van der Waals surface area contributed by atoms with Crippen LogP contribution in [0, 0.1) is 0 Å². The van der Waals surface area contributed by atoms with Gasteiger partial charge >= 0.3 is 0 Å². The number of nitrogens with one attached hydrogen (secondary N) is 2. The molecule has 8 heteroatoms. The van der Waals surface area contributed by atoms with Gasteiger partial charge in [-0.1, -0.05) is 12.1 Å². The van der Waals surface area contributed by atoms with Crippen LogP contribution in [0.3, 0.4) is 0 Å². The van der Waals surface area contributed by atoms with Crippen LogP contribution in [-0.2, 0) is 16.1 Å². The van der Waals surface area contributed by atoms with E-state index in [1.54, 1.807) is 26.1 Å². The molecule has 1 aromatic rings. The minimum atomic E-state index is -0.000666. The molecule has 0 bridgehead atoms. The van der Waals surface area contributed by atoms with Gasteiger partial charge < -0.3 is 25.0 Å². The highest BCUT2D eigenvalue weighted by Gasteiger charge is 2.06. The van der Waals surface area contributed by atoms with Gasteiger partial charge in [0.2, 0.25) is 5.91 Å². The van der Waals surface area contributed by atoms with E-state index < -0.39 is 0 Å². The van der Waals surface area contributed by atoms with Gasteiger partial charge in [-0.2, -0.15) is 0 Å². The normalized spacial score (nSPS) is 11.0. The predicted molar refractivity (Wildman–Crippen MR) is 125 cm³/mol. The van der Waals surface area contributed by atoms with Crippen LogP contribution in [0.5, 0.6) is 5.75 Å². The monoisotopic (exact) mass is 506 g/mol. The van der Waals surface area contributed by atoms with E-state index in [-0.39, 0.29) is 42.5 Å². The molecule has 0 saturated carbocycles. The van der Waals surface area contributed by atoms with E-state index >= 15 is 0 Å². The summed E-state index contributed by atoms with van der Waals surface area (Å²) < 4.78 is 10.7. The zero-order valence-electron chi connectivity index (χ0n) is 17.7. The average Bonchev–Trinajstić information content (AvgIpc) is 2.65. The zero-order chi connectivity index (χ0) is 20.1. The second-order valence-electron chi connectivity index (χ2n) is 6.71. The van der Waals surface area contributed by atoms with Crippen molar-refractivity contribution in [2.45, 2.75) is 39.3 Å². The molecule has 0 aliphatic carbocycles. The van der Waals surface area contributed by atoms with Crippen molar-refractivity contribution in [3.63, 3.8) is 0 Å². The summed E-state index contributed by atoms with van der Waals surface area (Å²) in [5, 5.41) is 6.38. The summed E-state index contributed by atoms with van der Waals surface area (Å²) in [5.41, 5.74) is 1.07. The molecule has 0 radical (unpaired) electrons. The maximum Gasteiger partial charge on any atom is 0.241 e. The minimum absolute atomic E-state index is 0. The highest BCUT2D eigenvalue weighted by molar-refractivity contribution is 14.0. The van der Waals surface area contributed by atoms with E-state index in [1.165, 1.54) is 0 Å². The highest BCUT2D eigenvalue weighted by atomic mass is 127. The Bertz CT molecular complexity index is 577. The number of hydrogen-bond donors (Lipinski definition) is 2. The molecule has 0 fully saturated rings. The van der Waals surface area contributed by atoms with Crippen molar-refractivity contribution < 1.29 is 14.3 Å². The van der Waals surface area contributed by atoms with Gasteiger partial charge in [0.1, 0.15) is 5.75 Å². The number of ether oxygens (including phenoxy) is 2. The fourth-order valence-corrected chi connectivity index (χ4v) is 2.15. The third kappa shape index (κ3) is 12.0. The molecule has 7 nitrogen and oxygen atoms in total. The molecule has 1 amide bonds. The summed E-state index contributed by atoms with van der Waals surface area (Å²) in [6, 6.07) is 7.79. The second kappa shape index (κ2) is 15.4. The maximum atomic E-state index is 11.8. The Morgan fingerprint density at radius 3 is 2.39 bits per heavy atom. The van der Waals surface area contributed by atoms with Gasteiger partial charge in [-0.25, -0.2) is 4.99 Å². The highest BCUT2D eigenvalue weighted by Crippen LogP contribution is 2.11. The molecule has 1 rings (SSSR count). The number of nitrogens with zero attached hydrogens (tertiary/aromatic N) is 2. The number of unbranched alkanes of at least 4 members (excludes halogenated alkanes) is 1. The lowest BCUT2D eigenvalue weighted by molar-refractivity contribution is -0.127. The van der Waals surface area contributed by atoms with Crippen molar-refractivity contribution in [2.75, 3.05) is 40.9 Å². The van der Waals surface area contributed by atoms with Crippen LogP contribution in [0.15, 0.2) is 29.3 Å². The standard InChI is InChI=1S/C20H34N4O3.HI/c1-16(2)27-13-7-6-12-21-20(23-15-19(25)24(3)4)22-14-17-8-10-18(26-5)11-9-17;/h8-11,16H,6-7,12-15H2,1-5H3,(H2,21,22,23);1H. The van der Waals surface area contributed by atoms with Crippen molar-refractivity contribution in [3.05, 3.63) is 29.8 Å². The molecule has 0 heterocycles. The molecule has 160 valence electrons. The smallest absolute Gasteiger partial charge is 0.241 e. The Kier molecular flexibility index (Phi) is 14.5. The van der Waals surface area contributed by atoms with E-state index in [9.17, 15) is 4.79 Å². The summed E-state index contributed by atoms with van der Waals surface area (Å²) in [6.45, 7) is 6.32. The average molecular weight is 506 g/mol. The largest absolute Gasteiger partial charge is 0.497 e. The van der Waals surface area contributed by atoms with Crippen molar-refractivity contribution in [1.82, 2.24) is 15.5 Å². The number of halogens is 1. The number of amides is 1. The summed E-state index contributed by atoms with van der Waals surface area (Å²) in [6.07, 6.45) is 2.21. The first-order valence-electron chi connectivity index (χ1n) is 9.39.